The molecular weight excluding hydrogens is 464 g/mol. The number of amides is 2. The first kappa shape index (κ1) is 24.5. The van der Waals surface area contributed by atoms with Crippen molar-refractivity contribution in [3.8, 4) is 16.9 Å². The Morgan fingerprint density at radius 1 is 1.00 bits per heavy atom. The predicted octanol–water partition coefficient (Wildman–Crippen LogP) is 5.11. The topological polar surface area (TPSA) is 76.5 Å². The van der Waals surface area contributed by atoms with E-state index in [2.05, 4.69) is 5.32 Å². The summed E-state index contributed by atoms with van der Waals surface area (Å²) in [7, 11) is 0. The minimum atomic E-state index is -0.317. The average Bonchev–Trinajstić information content (AvgIpc) is 3.59. The van der Waals surface area contributed by atoms with E-state index >= 15 is 0 Å². The molecule has 0 spiro atoms. The molecule has 188 valence electrons. The molecule has 7 heteroatoms. The van der Waals surface area contributed by atoms with Gasteiger partial charge in [0.25, 0.3) is 5.91 Å². The van der Waals surface area contributed by atoms with Crippen LogP contribution in [0.15, 0.2) is 91.1 Å². The number of nitrogens with one attached hydrogen (secondary N) is 1. The van der Waals surface area contributed by atoms with Crippen LogP contribution in [0.1, 0.15) is 28.8 Å². The number of nitrogens with zero attached hydrogens (tertiary/aromatic N) is 3. The Balaban J connectivity index is 1.41. The molecule has 3 aromatic carbocycles. The van der Waals surface area contributed by atoms with Crippen LogP contribution < -0.4 is 5.32 Å². The van der Waals surface area contributed by atoms with E-state index in [1.165, 1.54) is 0 Å². The largest absolute Gasteiger partial charge is 0.376 e. The summed E-state index contributed by atoms with van der Waals surface area (Å²) < 4.78 is 7.64. The Labute approximate surface area is 216 Å². The second-order valence-corrected chi connectivity index (χ2v) is 9.21. The van der Waals surface area contributed by atoms with Gasteiger partial charge in [0.1, 0.15) is 6.54 Å². The summed E-state index contributed by atoms with van der Waals surface area (Å²) in [6.45, 7) is 2.84. The van der Waals surface area contributed by atoms with E-state index < -0.39 is 0 Å². The number of carbonyl (C=O) groups excluding carboxylic acids is 2. The molecule has 0 aliphatic carbocycles. The van der Waals surface area contributed by atoms with Crippen molar-refractivity contribution in [3.63, 3.8) is 0 Å². The van der Waals surface area contributed by atoms with Crippen molar-refractivity contribution < 1.29 is 14.3 Å². The molecule has 1 atom stereocenters. The Hall–Kier alpha value is -4.23. The van der Waals surface area contributed by atoms with Crippen LogP contribution in [0.5, 0.6) is 0 Å². The highest BCUT2D eigenvalue weighted by atomic mass is 16.5. The number of para-hydroxylation sites is 1. The van der Waals surface area contributed by atoms with E-state index in [4.69, 9.17) is 9.72 Å². The van der Waals surface area contributed by atoms with Crippen LogP contribution in [0.4, 0.5) is 5.95 Å². The molecule has 2 amide bonds. The van der Waals surface area contributed by atoms with Gasteiger partial charge in [-0.1, -0.05) is 66.7 Å². The number of imidazole rings is 1. The van der Waals surface area contributed by atoms with E-state index in [-0.39, 0.29) is 24.5 Å². The lowest BCUT2D eigenvalue weighted by Gasteiger charge is -2.25. The highest BCUT2D eigenvalue weighted by molar-refractivity contribution is 6.00. The number of benzene rings is 3. The third-order valence-corrected chi connectivity index (χ3v) is 6.51. The fraction of sp³-hybridized carbons (Fsp3) is 0.233. The molecule has 1 N–H and O–H groups in total. The molecule has 5 rings (SSSR count). The van der Waals surface area contributed by atoms with Gasteiger partial charge in [0.2, 0.25) is 11.9 Å². The van der Waals surface area contributed by atoms with Gasteiger partial charge < -0.3 is 9.64 Å². The fourth-order valence-electron chi connectivity index (χ4n) is 4.58. The number of ether oxygens (including phenoxy) is 1. The Morgan fingerprint density at radius 2 is 1.70 bits per heavy atom. The monoisotopic (exact) mass is 494 g/mol. The van der Waals surface area contributed by atoms with Crippen molar-refractivity contribution in [2.75, 3.05) is 25.0 Å². The van der Waals surface area contributed by atoms with Crippen LogP contribution in [0.3, 0.4) is 0 Å². The van der Waals surface area contributed by atoms with Crippen LogP contribution in [-0.4, -0.2) is 52.1 Å². The van der Waals surface area contributed by atoms with Gasteiger partial charge in [0.15, 0.2) is 0 Å². The maximum Gasteiger partial charge on any atom is 0.254 e. The number of rotatable bonds is 8. The van der Waals surface area contributed by atoms with Crippen molar-refractivity contribution in [2.45, 2.75) is 25.9 Å². The van der Waals surface area contributed by atoms with Gasteiger partial charge in [-0.3, -0.25) is 19.5 Å². The van der Waals surface area contributed by atoms with Gasteiger partial charge in [-0.2, -0.15) is 0 Å². The Kier molecular flexibility index (Phi) is 7.42. The van der Waals surface area contributed by atoms with E-state index in [1.54, 1.807) is 11.0 Å². The van der Waals surface area contributed by atoms with E-state index in [1.807, 2.05) is 96.6 Å². The fourth-order valence-corrected chi connectivity index (χ4v) is 4.58. The molecule has 1 aliphatic rings. The molecule has 4 aromatic rings. The third kappa shape index (κ3) is 5.78. The highest BCUT2D eigenvalue weighted by Crippen LogP contribution is 2.24. The SMILES string of the molecule is Cc1ccccc1C(=O)N(CC(=O)Nc1nc(-c2ccccc2)cn1-c1ccccc1)C[C@@H]1CCCO1. The summed E-state index contributed by atoms with van der Waals surface area (Å²) in [5.74, 6) is -0.0992. The maximum atomic E-state index is 13.5. The molecule has 1 saturated heterocycles. The molecule has 1 aliphatic heterocycles. The van der Waals surface area contributed by atoms with Gasteiger partial charge in [-0.25, -0.2) is 4.98 Å². The van der Waals surface area contributed by atoms with Crippen molar-refractivity contribution in [1.29, 1.82) is 0 Å². The zero-order chi connectivity index (χ0) is 25.6. The number of hydrogen-bond acceptors (Lipinski definition) is 4. The van der Waals surface area contributed by atoms with Gasteiger partial charge >= 0.3 is 0 Å². The molecular formula is C30H30N4O3. The van der Waals surface area contributed by atoms with Crippen molar-refractivity contribution in [3.05, 3.63) is 102 Å². The molecule has 7 nitrogen and oxygen atoms in total. The lowest BCUT2D eigenvalue weighted by molar-refractivity contribution is -0.117. The minimum absolute atomic E-state index is 0.0724. The van der Waals surface area contributed by atoms with Gasteiger partial charge in [0.05, 0.1) is 11.8 Å². The van der Waals surface area contributed by atoms with E-state index in [0.717, 1.165) is 35.3 Å². The molecule has 1 aromatic heterocycles. The third-order valence-electron chi connectivity index (χ3n) is 6.51. The molecule has 0 unspecified atom stereocenters. The normalized spacial score (nSPS) is 14.9. The first-order chi connectivity index (χ1) is 18.1. The molecule has 37 heavy (non-hydrogen) atoms. The molecule has 1 fully saturated rings. The summed E-state index contributed by atoms with van der Waals surface area (Å²) >= 11 is 0. The number of aromatic nitrogens is 2. The number of carbonyl (C=O) groups is 2. The second-order valence-electron chi connectivity index (χ2n) is 9.21. The standard InChI is InChI=1S/C30H30N4O3/c1-22-11-8-9-17-26(22)29(36)33(19-25-16-10-18-37-25)21-28(35)32-30-31-27(23-12-4-2-5-13-23)20-34(30)24-14-6-3-7-15-24/h2-9,11-15,17,20,25H,10,16,18-19,21H2,1H3,(H,31,32,35)/t25-/m0/s1. The average molecular weight is 495 g/mol. The summed E-state index contributed by atoms with van der Waals surface area (Å²) in [4.78, 5) is 33.1. The predicted molar refractivity (Wildman–Crippen MR) is 144 cm³/mol. The first-order valence-corrected chi connectivity index (χ1v) is 12.5. The Morgan fingerprint density at radius 3 is 2.41 bits per heavy atom. The number of aryl methyl sites for hydroxylation is 1. The summed E-state index contributed by atoms with van der Waals surface area (Å²) in [6, 6.07) is 27.0. The zero-order valence-corrected chi connectivity index (χ0v) is 20.8. The molecule has 0 saturated carbocycles. The molecule has 2 heterocycles. The molecule has 0 bridgehead atoms. The van der Waals surface area contributed by atoms with Gasteiger partial charge in [-0.15, -0.1) is 0 Å². The van der Waals surface area contributed by atoms with Crippen molar-refractivity contribution in [1.82, 2.24) is 14.5 Å². The summed E-state index contributed by atoms with van der Waals surface area (Å²) in [5.41, 5.74) is 4.02. The zero-order valence-electron chi connectivity index (χ0n) is 20.8. The lowest BCUT2D eigenvalue weighted by Crippen LogP contribution is -2.42. The van der Waals surface area contributed by atoms with Gasteiger partial charge in [0, 0.05) is 36.2 Å². The van der Waals surface area contributed by atoms with Crippen molar-refractivity contribution >= 4 is 17.8 Å². The smallest absolute Gasteiger partial charge is 0.254 e. The van der Waals surface area contributed by atoms with E-state index in [9.17, 15) is 9.59 Å². The first-order valence-electron chi connectivity index (χ1n) is 12.5. The quantitative estimate of drug-likeness (QED) is 0.369. The number of hydrogen-bond donors (Lipinski definition) is 1. The van der Waals surface area contributed by atoms with Crippen molar-refractivity contribution in [2.24, 2.45) is 0 Å². The highest BCUT2D eigenvalue weighted by Gasteiger charge is 2.26. The minimum Gasteiger partial charge on any atom is -0.376 e. The second kappa shape index (κ2) is 11.2. The van der Waals surface area contributed by atoms with Gasteiger partial charge in [-0.05, 0) is 43.5 Å². The maximum absolute atomic E-state index is 13.5. The summed E-state index contributed by atoms with van der Waals surface area (Å²) in [5, 5.41) is 2.95. The van der Waals surface area contributed by atoms with Crippen LogP contribution in [-0.2, 0) is 9.53 Å². The Bertz CT molecular complexity index is 1360. The van der Waals surface area contributed by atoms with E-state index in [0.29, 0.717) is 24.7 Å². The summed E-state index contributed by atoms with van der Waals surface area (Å²) in [6.07, 6.45) is 3.66. The van der Waals surface area contributed by atoms with Crippen LogP contribution in [0.2, 0.25) is 0 Å². The molecule has 0 radical (unpaired) electrons. The lowest BCUT2D eigenvalue weighted by atomic mass is 10.1. The van der Waals surface area contributed by atoms with Crippen LogP contribution >= 0.6 is 0 Å². The van der Waals surface area contributed by atoms with Crippen LogP contribution in [0.25, 0.3) is 16.9 Å². The van der Waals surface area contributed by atoms with Crippen LogP contribution in [0, 0.1) is 6.92 Å². The number of anilines is 1.